The molecule has 24 heteroatoms. The Labute approximate surface area is 339 Å². The van der Waals surface area contributed by atoms with Gasteiger partial charge in [-0.25, -0.2) is 19.6 Å². The van der Waals surface area contributed by atoms with Crippen LogP contribution in [0, 0.1) is 6.92 Å². The Morgan fingerprint density at radius 3 is 2.38 bits per heavy atom. The van der Waals surface area contributed by atoms with Crippen molar-refractivity contribution >= 4 is 93.0 Å². The molecule has 0 radical (unpaired) electrons. The zero-order chi connectivity index (χ0) is 42.2. The number of nitrogen functional groups attached to an aromatic ring is 1. The summed E-state index contributed by atoms with van der Waals surface area (Å²) in [5.41, 5.74) is 4.19. The number of thioether (sulfide) groups is 2. The van der Waals surface area contributed by atoms with Gasteiger partial charge in [-0.2, -0.15) is 9.50 Å². The number of aliphatic carboxylic acids is 1. The molecule has 1 saturated heterocycles. The fraction of sp³-hybridized carbons (Fsp3) is 0.294. The number of β-lactam (4-membered cyclic amide) rings is 1. The first-order valence-electron chi connectivity index (χ1n) is 16.7. The molecule has 1 aromatic carbocycles. The first kappa shape index (κ1) is 41.2. The van der Waals surface area contributed by atoms with Crippen LogP contribution < -0.4 is 20.5 Å². The smallest absolute Gasteiger partial charge is 0.375 e. The number of anilines is 1. The second-order valence-electron chi connectivity index (χ2n) is 12.9. The molecule has 2 atom stereocenters. The molecule has 0 saturated carbocycles. The number of benzene rings is 1. The number of ether oxygens (including phenoxy) is 2. The summed E-state index contributed by atoms with van der Waals surface area (Å²) in [4.78, 5) is 107. The third kappa shape index (κ3) is 8.47. The SMILES string of the molecule is CC(=O)Oc1ccc(C(=O)C(C)(C)ON=C(C(=O)N[C@@H]2C(=O)N3C(C(=O)O)=C(CSc4cc(C)nc5nc(C(=O)O)nn45)CS[C@H]23)c2csc(N)n2)cc1OC(C)=O. The van der Waals surface area contributed by atoms with Crippen LogP contribution >= 0.6 is 34.9 Å². The number of carbonyl (C=O) groups is 7. The van der Waals surface area contributed by atoms with Crippen molar-refractivity contribution in [2.24, 2.45) is 5.16 Å². The standard InChI is InChI=1S/C34H31N9O12S3/c1-13-8-21(43-33(36-13)39-26(40-43)31(51)52)56-10-17-11-57-29-23(28(48)42(29)24(17)30(49)50)38-27(47)22(18-12-58-32(35)37-18)41-55-34(4,5)25(46)16-6-7-19(53-14(2)44)20(9-16)54-15(3)45/h6-9,12,23,29H,10-11H2,1-5H3,(H2,35,37)(H,38,47)(H,49,50)(H,51,52)/t23-,29-/m1/s1. The van der Waals surface area contributed by atoms with Crippen LogP contribution in [0.4, 0.5) is 5.13 Å². The van der Waals surface area contributed by atoms with Gasteiger partial charge < -0.3 is 35.6 Å². The highest BCUT2D eigenvalue weighted by molar-refractivity contribution is 8.01. The molecule has 0 spiro atoms. The zero-order valence-electron chi connectivity index (χ0n) is 30.9. The van der Waals surface area contributed by atoms with Gasteiger partial charge in [0.2, 0.25) is 5.78 Å². The monoisotopic (exact) mass is 853 g/mol. The minimum Gasteiger partial charge on any atom is -0.477 e. The van der Waals surface area contributed by atoms with E-state index >= 15 is 0 Å². The molecular weight excluding hydrogens is 823 g/mol. The molecule has 302 valence electrons. The number of nitrogens with two attached hydrogens (primary N) is 1. The molecule has 5 heterocycles. The number of aromatic carboxylic acids is 1. The summed E-state index contributed by atoms with van der Waals surface area (Å²) in [6.45, 7) is 6.66. The van der Waals surface area contributed by atoms with Crippen LogP contribution in [-0.4, -0.2) is 115 Å². The molecule has 5 N–H and O–H groups in total. The Bertz CT molecular complexity index is 2500. The van der Waals surface area contributed by atoms with E-state index in [4.69, 9.17) is 20.0 Å². The van der Waals surface area contributed by atoms with Crippen LogP contribution in [0.5, 0.6) is 11.5 Å². The average molecular weight is 854 g/mol. The van der Waals surface area contributed by atoms with Crippen LogP contribution in [0.2, 0.25) is 0 Å². The molecule has 1 fully saturated rings. The van der Waals surface area contributed by atoms with E-state index in [1.807, 2.05) is 0 Å². The Morgan fingerprint density at radius 1 is 1.03 bits per heavy atom. The van der Waals surface area contributed by atoms with Gasteiger partial charge in [0.05, 0.1) is 0 Å². The van der Waals surface area contributed by atoms with E-state index in [0.717, 1.165) is 41.8 Å². The number of rotatable bonds is 14. The Kier molecular flexibility index (Phi) is 11.5. The molecule has 21 nitrogen and oxygen atoms in total. The molecule has 2 aliphatic heterocycles. The number of carbonyl (C=O) groups excluding carboxylic acids is 5. The van der Waals surface area contributed by atoms with E-state index in [1.165, 1.54) is 53.7 Å². The number of Topliss-reactive ketones (excluding diaryl/α,β-unsaturated/α-hetero) is 1. The lowest BCUT2D eigenvalue weighted by Gasteiger charge is -2.49. The van der Waals surface area contributed by atoms with Crippen molar-refractivity contribution < 1.29 is 58.1 Å². The first-order valence-corrected chi connectivity index (χ1v) is 19.6. The van der Waals surface area contributed by atoms with Crippen molar-refractivity contribution in [1.29, 1.82) is 0 Å². The third-order valence-electron chi connectivity index (χ3n) is 8.13. The van der Waals surface area contributed by atoms with Gasteiger partial charge in [-0.1, -0.05) is 5.16 Å². The van der Waals surface area contributed by atoms with Gasteiger partial charge in [0.15, 0.2) is 27.9 Å². The summed E-state index contributed by atoms with van der Waals surface area (Å²) >= 11 is 3.34. The summed E-state index contributed by atoms with van der Waals surface area (Å²) < 4.78 is 11.4. The number of carboxylic acid groups (broad SMARTS) is 2. The lowest BCUT2D eigenvalue weighted by molar-refractivity contribution is -0.150. The van der Waals surface area contributed by atoms with Crippen molar-refractivity contribution in [2.45, 2.75) is 56.7 Å². The quantitative estimate of drug-likeness (QED) is 0.0206. The summed E-state index contributed by atoms with van der Waals surface area (Å²) in [7, 11) is 0. The first-order chi connectivity index (χ1) is 27.3. The number of nitrogens with zero attached hydrogens (tertiary/aromatic N) is 7. The number of thiazole rings is 1. The number of fused-ring (bicyclic) bond motifs is 2. The molecule has 58 heavy (non-hydrogen) atoms. The molecule has 2 amide bonds. The number of amides is 2. The van der Waals surface area contributed by atoms with Crippen molar-refractivity contribution in [3.63, 3.8) is 0 Å². The molecule has 6 rings (SSSR count). The minimum absolute atomic E-state index is 0.0271. The summed E-state index contributed by atoms with van der Waals surface area (Å²) in [5, 5.41) is 31.2. The Morgan fingerprint density at radius 2 is 1.74 bits per heavy atom. The molecule has 0 aliphatic carbocycles. The lowest BCUT2D eigenvalue weighted by Crippen LogP contribution is -2.71. The predicted molar refractivity (Wildman–Crippen MR) is 205 cm³/mol. The van der Waals surface area contributed by atoms with Crippen LogP contribution in [0.3, 0.4) is 0 Å². The lowest BCUT2D eigenvalue weighted by atomic mass is 9.96. The second-order valence-corrected chi connectivity index (χ2v) is 15.9. The number of carboxylic acids is 2. The van der Waals surface area contributed by atoms with Crippen LogP contribution in [0.15, 0.2) is 51.1 Å². The van der Waals surface area contributed by atoms with Gasteiger partial charge in [-0.05, 0) is 50.6 Å². The van der Waals surface area contributed by atoms with Gasteiger partial charge in [0.1, 0.15) is 27.8 Å². The van der Waals surface area contributed by atoms with Crippen LogP contribution in [0.1, 0.15) is 60.1 Å². The van der Waals surface area contributed by atoms with E-state index < -0.39 is 70.0 Å². The molecule has 2 aliphatic rings. The van der Waals surface area contributed by atoms with E-state index in [2.05, 4.69) is 30.5 Å². The van der Waals surface area contributed by atoms with E-state index in [9.17, 15) is 43.8 Å². The average Bonchev–Trinajstić information content (AvgIpc) is 3.78. The van der Waals surface area contributed by atoms with E-state index in [1.54, 1.807) is 13.0 Å². The number of hydrogen-bond acceptors (Lipinski definition) is 19. The van der Waals surface area contributed by atoms with Crippen molar-refractivity contribution in [3.8, 4) is 11.5 Å². The maximum atomic E-state index is 13.8. The van der Waals surface area contributed by atoms with Gasteiger partial charge in [0, 0.05) is 42.0 Å². The molecule has 3 aromatic heterocycles. The van der Waals surface area contributed by atoms with Crippen LogP contribution in [0.25, 0.3) is 5.78 Å². The van der Waals surface area contributed by atoms with Crippen molar-refractivity contribution in [2.75, 3.05) is 17.2 Å². The molecule has 0 bridgehead atoms. The fourth-order valence-electron chi connectivity index (χ4n) is 5.59. The predicted octanol–water partition coefficient (Wildman–Crippen LogP) is 1.93. The number of esters is 2. The van der Waals surface area contributed by atoms with Gasteiger partial charge >= 0.3 is 23.9 Å². The second kappa shape index (κ2) is 16.2. The largest absolute Gasteiger partial charge is 0.477 e. The molecule has 0 unspecified atom stereocenters. The topological polar surface area (TPSA) is 297 Å². The van der Waals surface area contributed by atoms with Crippen molar-refractivity contribution in [1.82, 2.24) is 34.8 Å². The Hall–Kier alpha value is -6.40. The van der Waals surface area contributed by atoms with Crippen LogP contribution in [-0.2, 0) is 28.8 Å². The molecule has 4 aromatic rings. The number of aromatic nitrogens is 5. The van der Waals surface area contributed by atoms with Gasteiger partial charge in [-0.15, -0.1) is 40.0 Å². The highest BCUT2D eigenvalue weighted by atomic mass is 32.2. The van der Waals surface area contributed by atoms with Crippen molar-refractivity contribution in [3.05, 3.63) is 63.7 Å². The third-order valence-corrected chi connectivity index (χ3v) is 11.2. The summed E-state index contributed by atoms with van der Waals surface area (Å²) in [5.74, 6) is -6.98. The number of oxime groups is 1. The fourth-order valence-corrected chi connectivity index (χ4v) is 8.67. The summed E-state index contributed by atoms with van der Waals surface area (Å²) in [6.07, 6.45) is 0. The maximum Gasteiger partial charge on any atom is 0.375 e. The number of nitrogens with one attached hydrogen (secondary N) is 1. The normalized spacial score (nSPS) is 16.7. The van der Waals surface area contributed by atoms with E-state index in [0.29, 0.717) is 16.3 Å². The zero-order valence-corrected chi connectivity index (χ0v) is 33.3. The highest BCUT2D eigenvalue weighted by Gasteiger charge is 2.54. The summed E-state index contributed by atoms with van der Waals surface area (Å²) in [6, 6.07) is 4.19. The van der Waals surface area contributed by atoms with Gasteiger partial charge in [-0.3, -0.25) is 28.9 Å². The highest BCUT2D eigenvalue weighted by Crippen LogP contribution is 2.42. The Balaban J connectivity index is 1.20. The van der Waals surface area contributed by atoms with E-state index in [-0.39, 0.29) is 50.9 Å². The number of ketones is 1. The minimum atomic E-state index is -1.77. The molecular formula is C34H31N9O12S3. The van der Waals surface area contributed by atoms with Gasteiger partial charge in [0.25, 0.3) is 23.4 Å². The maximum absolute atomic E-state index is 13.8. The number of aryl methyl sites for hydroxylation is 1. The number of hydrogen-bond donors (Lipinski definition) is 4.